The van der Waals surface area contributed by atoms with E-state index in [-0.39, 0.29) is 11.6 Å². The number of nitrogens with zero attached hydrogens (tertiary/aromatic N) is 2. The smallest absolute Gasteiger partial charge is 0.410 e. The Balaban J connectivity index is 2.03. The van der Waals surface area contributed by atoms with E-state index in [0.29, 0.717) is 13.0 Å². The molecule has 24 heavy (non-hydrogen) atoms. The minimum atomic E-state index is -0.490. The predicted molar refractivity (Wildman–Crippen MR) is 93.4 cm³/mol. The Morgan fingerprint density at radius 2 is 2.08 bits per heavy atom. The van der Waals surface area contributed by atoms with Gasteiger partial charge in [-0.15, -0.1) is 0 Å². The molecule has 1 aromatic rings. The van der Waals surface area contributed by atoms with Gasteiger partial charge < -0.3 is 10.5 Å². The fraction of sp³-hybridized carbons (Fsp3) is 0.375. The Hall–Kier alpha value is -2.48. The maximum Gasteiger partial charge on any atom is 0.410 e. The summed E-state index contributed by atoms with van der Waals surface area (Å²) in [5.41, 5.74) is 6.32. The van der Waals surface area contributed by atoms with E-state index >= 15 is 0 Å². The van der Waals surface area contributed by atoms with Crippen molar-refractivity contribution in [1.82, 2.24) is 9.80 Å². The molecule has 0 bridgehead atoms. The summed E-state index contributed by atoms with van der Waals surface area (Å²) in [6.07, 6.45) is 0.862. The Labute approximate surface area is 145 Å². The molecule has 0 aromatic heterocycles. The number of thiocarbonyl (C=S) groups is 1. The molecule has 1 aromatic carbocycles. The molecule has 1 aliphatic heterocycles. The molecule has 1 saturated heterocycles. The molecule has 0 aliphatic carbocycles. The van der Waals surface area contributed by atoms with Crippen molar-refractivity contribution in [2.75, 3.05) is 6.54 Å². The fourth-order valence-electron chi connectivity index (χ4n) is 2.64. The van der Waals surface area contributed by atoms with Crippen LogP contribution in [0.3, 0.4) is 0 Å². The number of carbonyl (C=O) groups excluding carboxylic acids is 2. The maximum absolute atomic E-state index is 12.4. The van der Waals surface area contributed by atoms with Gasteiger partial charge in [0.25, 0.3) is 0 Å². The summed E-state index contributed by atoms with van der Waals surface area (Å²) in [7, 11) is 0. The number of hydrogen-bond donors (Lipinski definition) is 2. The summed E-state index contributed by atoms with van der Waals surface area (Å²) < 4.78 is 5.33. The minimum absolute atomic E-state index is 0.157. The average Bonchev–Trinajstić information content (AvgIpc) is 3.02. The number of likely N-dealkylation sites (tertiary alicyclic amines) is 1. The molecule has 3 N–H and O–H groups in total. The zero-order valence-corrected chi connectivity index (χ0v) is 14.2. The van der Waals surface area contributed by atoms with Gasteiger partial charge >= 0.3 is 6.09 Å². The first kappa shape index (κ1) is 17.9. The highest BCUT2D eigenvalue weighted by Gasteiger charge is 2.36. The number of nitrogens with one attached hydrogen (secondary N) is 1. The second-order valence-electron chi connectivity index (χ2n) is 5.47. The Kier molecular flexibility index (Phi) is 5.86. The predicted octanol–water partition coefficient (Wildman–Crippen LogP) is 1.86. The summed E-state index contributed by atoms with van der Waals surface area (Å²) in [4.78, 5) is 26.6. The van der Waals surface area contributed by atoms with Crippen LogP contribution < -0.4 is 5.73 Å². The molecule has 0 radical (unpaired) electrons. The second-order valence-corrected chi connectivity index (χ2v) is 5.89. The zero-order chi connectivity index (χ0) is 17.7. The van der Waals surface area contributed by atoms with E-state index in [2.05, 4.69) is 0 Å². The Bertz CT molecular complexity index is 636. The highest BCUT2D eigenvalue weighted by molar-refractivity contribution is 7.80. The summed E-state index contributed by atoms with van der Waals surface area (Å²) in [6.45, 7) is 1.93. The summed E-state index contributed by atoms with van der Waals surface area (Å²) in [6, 6.07) is 8.89. The molecule has 1 heterocycles. The van der Waals surface area contributed by atoms with Crippen LogP contribution in [0.4, 0.5) is 4.79 Å². The first-order valence-corrected chi connectivity index (χ1v) is 7.98. The van der Waals surface area contributed by atoms with E-state index < -0.39 is 24.0 Å². The molecule has 0 spiro atoms. The SMILES string of the molecule is CC(=O)N(C(=N)N)C(=S)C1CCCN1C(=O)OCc1ccccc1. The minimum Gasteiger partial charge on any atom is -0.445 e. The quantitative estimate of drug-likeness (QED) is 0.493. The number of ether oxygens (including phenoxy) is 1. The summed E-state index contributed by atoms with van der Waals surface area (Å²) in [5.74, 6) is -0.894. The van der Waals surface area contributed by atoms with Gasteiger partial charge in [0.15, 0.2) is 5.96 Å². The summed E-state index contributed by atoms with van der Waals surface area (Å²) in [5, 5.41) is 7.50. The van der Waals surface area contributed by atoms with Crippen LogP contribution in [0.1, 0.15) is 25.3 Å². The van der Waals surface area contributed by atoms with Crippen molar-refractivity contribution in [3.63, 3.8) is 0 Å². The molecule has 1 aliphatic rings. The van der Waals surface area contributed by atoms with Gasteiger partial charge in [0.05, 0.1) is 6.04 Å². The molecule has 1 fully saturated rings. The molecule has 7 nitrogen and oxygen atoms in total. The molecular formula is C16H20N4O3S. The van der Waals surface area contributed by atoms with Crippen molar-refractivity contribution in [2.45, 2.75) is 32.4 Å². The van der Waals surface area contributed by atoms with E-state index in [1.807, 2.05) is 30.3 Å². The van der Waals surface area contributed by atoms with Crippen molar-refractivity contribution < 1.29 is 14.3 Å². The van der Waals surface area contributed by atoms with Crippen LogP contribution in [0.25, 0.3) is 0 Å². The Morgan fingerprint density at radius 3 is 2.67 bits per heavy atom. The van der Waals surface area contributed by atoms with E-state index in [4.69, 9.17) is 28.1 Å². The third-order valence-corrected chi connectivity index (χ3v) is 4.21. The van der Waals surface area contributed by atoms with Gasteiger partial charge in [-0.25, -0.2) is 9.69 Å². The van der Waals surface area contributed by atoms with E-state index in [1.54, 1.807) is 0 Å². The topological polar surface area (TPSA) is 99.7 Å². The lowest BCUT2D eigenvalue weighted by Gasteiger charge is -2.29. The standard InChI is InChI=1S/C16H20N4O3S/c1-11(21)20(15(17)18)14(24)13-8-5-9-19(13)16(22)23-10-12-6-3-2-4-7-12/h2-4,6-7,13H,5,8-10H2,1H3,(H3,17,18). The highest BCUT2D eigenvalue weighted by atomic mass is 32.1. The van der Waals surface area contributed by atoms with Gasteiger partial charge in [0, 0.05) is 13.5 Å². The maximum atomic E-state index is 12.4. The van der Waals surface area contributed by atoms with Gasteiger partial charge in [-0.3, -0.25) is 15.1 Å². The van der Waals surface area contributed by atoms with Gasteiger partial charge in [-0.2, -0.15) is 0 Å². The molecule has 8 heteroatoms. The average molecular weight is 348 g/mol. The van der Waals surface area contributed by atoms with Crippen LogP contribution in [0.5, 0.6) is 0 Å². The Morgan fingerprint density at radius 1 is 1.42 bits per heavy atom. The van der Waals surface area contributed by atoms with Crippen LogP contribution in [0.15, 0.2) is 30.3 Å². The van der Waals surface area contributed by atoms with Crippen molar-refractivity contribution in [1.29, 1.82) is 5.41 Å². The number of carbonyl (C=O) groups is 2. The van der Waals surface area contributed by atoms with Crippen molar-refractivity contribution in [2.24, 2.45) is 5.73 Å². The highest BCUT2D eigenvalue weighted by Crippen LogP contribution is 2.22. The number of hydrogen-bond acceptors (Lipinski definition) is 5. The van der Waals surface area contributed by atoms with E-state index in [0.717, 1.165) is 16.9 Å². The lowest BCUT2D eigenvalue weighted by molar-refractivity contribution is -0.122. The molecule has 2 rings (SSSR count). The number of rotatable bonds is 3. The van der Waals surface area contributed by atoms with Crippen LogP contribution in [0, 0.1) is 5.41 Å². The third-order valence-electron chi connectivity index (χ3n) is 3.75. The molecule has 128 valence electrons. The first-order valence-electron chi connectivity index (χ1n) is 7.57. The molecule has 0 saturated carbocycles. The number of benzene rings is 1. The zero-order valence-electron chi connectivity index (χ0n) is 13.4. The van der Waals surface area contributed by atoms with Gasteiger partial charge in [-0.1, -0.05) is 42.5 Å². The summed E-state index contributed by atoms with van der Waals surface area (Å²) >= 11 is 5.30. The molecule has 1 unspecified atom stereocenters. The molecule has 2 amide bonds. The normalized spacial score (nSPS) is 16.5. The van der Waals surface area contributed by atoms with Crippen molar-refractivity contribution in [3.05, 3.63) is 35.9 Å². The lowest BCUT2D eigenvalue weighted by atomic mass is 10.2. The first-order chi connectivity index (χ1) is 11.4. The van der Waals surface area contributed by atoms with Gasteiger partial charge in [-0.05, 0) is 18.4 Å². The fourth-order valence-corrected chi connectivity index (χ4v) is 3.11. The van der Waals surface area contributed by atoms with Crippen molar-refractivity contribution in [3.8, 4) is 0 Å². The van der Waals surface area contributed by atoms with Crippen molar-refractivity contribution >= 4 is 35.2 Å². The van der Waals surface area contributed by atoms with Crippen LogP contribution >= 0.6 is 12.2 Å². The lowest BCUT2D eigenvalue weighted by Crippen LogP contribution is -2.52. The largest absolute Gasteiger partial charge is 0.445 e. The van der Waals surface area contributed by atoms with Crippen LogP contribution in [-0.2, 0) is 16.1 Å². The van der Waals surface area contributed by atoms with Gasteiger partial charge in [0.1, 0.15) is 11.6 Å². The molecule has 1 atom stereocenters. The molecular weight excluding hydrogens is 328 g/mol. The van der Waals surface area contributed by atoms with E-state index in [1.165, 1.54) is 11.8 Å². The van der Waals surface area contributed by atoms with Crippen LogP contribution in [0.2, 0.25) is 0 Å². The third kappa shape index (κ3) is 4.08. The number of amides is 2. The van der Waals surface area contributed by atoms with E-state index in [9.17, 15) is 9.59 Å². The van der Waals surface area contributed by atoms with Gasteiger partial charge in [0.2, 0.25) is 5.91 Å². The second kappa shape index (κ2) is 7.87. The monoisotopic (exact) mass is 348 g/mol. The number of guanidine groups is 1. The number of nitrogens with two attached hydrogens (primary N) is 1. The van der Waals surface area contributed by atoms with Crippen LogP contribution in [-0.4, -0.2) is 45.3 Å².